The number of hydrogen-bond donors (Lipinski definition) is 1. The first kappa shape index (κ1) is 15.7. The van der Waals surface area contributed by atoms with Gasteiger partial charge in [0.05, 0.1) is 0 Å². The highest BCUT2D eigenvalue weighted by Crippen LogP contribution is 2.29. The van der Waals surface area contributed by atoms with E-state index < -0.39 is 0 Å². The van der Waals surface area contributed by atoms with Crippen LogP contribution < -0.4 is 5.32 Å². The van der Waals surface area contributed by atoms with Crippen molar-refractivity contribution in [2.75, 3.05) is 18.5 Å². The molecule has 2 rings (SSSR count). The topological polar surface area (TPSA) is 47.0 Å². The standard InChI is InChI=1S/C15H18FN3OS/c1-3-17-13-9-15(19-14(18-13)10-20-4-2)21-12-8-6-5-7-11(12)16/h5-9H,3-4,10H2,1-2H3,(H,17,18,19). The quantitative estimate of drug-likeness (QED) is 0.790. The number of rotatable bonds is 7. The van der Waals surface area contributed by atoms with Gasteiger partial charge in [-0.15, -0.1) is 0 Å². The summed E-state index contributed by atoms with van der Waals surface area (Å²) >= 11 is 1.28. The molecule has 4 nitrogen and oxygen atoms in total. The predicted molar refractivity (Wildman–Crippen MR) is 82.0 cm³/mol. The molecular weight excluding hydrogens is 289 g/mol. The third-order valence-corrected chi connectivity index (χ3v) is 3.56. The second-order valence-corrected chi connectivity index (χ2v) is 5.27. The summed E-state index contributed by atoms with van der Waals surface area (Å²) < 4.78 is 19.1. The highest BCUT2D eigenvalue weighted by molar-refractivity contribution is 7.99. The van der Waals surface area contributed by atoms with E-state index >= 15 is 0 Å². The highest BCUT2D eigenvalue weighted by Gasteiger charge is 2.09. The third kappa shape index (κ3) is 4.68. The van der Waals surface area contributed by atoms with Gasteiger partial charge in [-0.05, 0) is 26.0 Å². The van der Waals surface area contributed by atoms with Gasteiger partial charge in [0, 0.05) is 24.1 Å². The molecule has 1 N–H and O–H groups in total. The lowest BCUT2D eigenvalue weighted by molar-refractivity contribution is 0.128. The molecule has 0 radical (unpaired) electrons. The number of nitrogens with one attached hydrogen (secondary N) is 1. The average molecular weight is 307 g/mol. The van der Waals surface area contributed by atoms with Gasteiger partial charge < -0.3 is 10.1 Å². The molecule has 0 saturated heterocycles. The van der Waals surface area contributed by atoms with Gasteiger partial charge in [-0.2, -0.15) is 0 Å². The van der Waals surface area contributed by atoms with Crippen LogP contribution in [-0.2, 0) is 11.3 Å². The number of anilines is 1. The van der Waals surface area contributed by atoms with Gasteiger partial charge in [0.2, 0.25) is 0 Å². The molecule has 0 aliphatic rings. The Morgan fingerprint density at radius 1 is 1.24 bits per heavy atom. The lowest BCUT2D eigenvalue weighted by Gasteiger charge is -2.09. The van der Waals surface area contributed by atoms with Crippen LogP contribution in [0.4, 0.5) is 10.2 Å². The number of aromatic nitrogens is 2. The first-order valence-electron chi connectivity index (χ1n) is 6.85. The van der Waals surface area contributed by atoms with Gasteiger partial charge in [0.25, 0.3) is 0 Å². The average Bonchev–Trinajstić information content (AvgIpc) is 2.48. The zero-order valence-corrected chi connectivity index (χ0v) is 12.9. The molecular formula is C15H18FN3OS. The van der Waals surface area contributed by atoms with Crippen LogP contribution >= 0.6 is 11.8 Å². The smallest absolute Gasteiger partial charge is 0.157 e. The fourth-order valence-corrected chi connectivity index (χ4v) is 2.55. The number of nitrogens with zero attached hydrogens (tertiary/aromatic N) is 2. The van der Waals surface area contributed by atoms with Gasteiger partial charge in [-0.1, -0.05) is 23.9 Å². The van der Waals surface area contributed by atoms with Crippen LogP contribution in [0.5, 0.6) is 0 Å². The van der Waals surface area contributed by atoms with Crippen molar-refractivity contribution < 1.29 is 9.13 Å². The van der Waals surface area contributed by atoms with E-state index in [-0.39, 0.29) is 5.82 Å². The monoisotopic (exact) mass is 307 g/mol. The summed E-state index contributed by atoms with van der Waals surface area (Å²) in [5.41, 5.74) is 0. The van der Waals surface area contributed by atoms with E-state index in [1.165, 1.54) is 17.8 Å². The SMILES string of the molecule is CCNc1cc(Sc2ccccc2F)nc(COCC)n1. The molecule has 1 heterocycles. The summed E-state index contributed by atoms with van der Waals surface area (Å²) in [7, 11) is 0. The van der Waals surface area contributed by atoms with E-state index in [9.17, 15) is 4.39 Å². The number of hydrogen-bond acceptors (Lipinski definition) is 5. The molecule has 0 aliphatic carbocycles. The normalized spacial score (nSPS) is 10.6. The molecule has 0 atom stereocenters. The van der Waals surface area contributed by atoms with Gasteiger partial charge in [-0.3, -0.25) is 0 Å². The Bertz CT molecular complexity index is 595. The van der Waals surface area contributed by atoms with E-state index in [1.54, 1.807) is 18.2 Å². The number of benzene rings is 1. The van der Waals surface area contributed by atoms with Gasteiger partial charge >= 0.3 is 0 Å². The number of halogens is 1. The molecule has 21 heavy (non-hydrogen) atoms. The molecule has 0 saturated carbocycles. The van der Waals surface area contributed by atoms with Gasteiger partial charge in [0.1, 0.15) is 23.3 Å². The maximum Gasteiger partial charge on any atom is 0.157 e. The Balaban J connectivity index is 2.24. The van der Waals surface area contributed by atoms with Gasteiger partial charge in [-0.25, -0.2) is 14.4 Å². The lowest BCUT2D eigenvalue weighted by atomic mass is 10.3. The Morgan fingerprint density at radius 3 is 2.76 bits per heavy atom. The van der Waals surface area contributed by atoms with Crippen molar-refractivity contribution in [2.24, 2.45) is 0 Å². The zero-order valence-electron chi connectivity index (χ0n) is 12.1. The maximum atomic E-state index is 13.7. The summed E-state index contributed by atoms with van der Waals surface area (Å²) in [6, 6.07) is 8.46. The predicted octanol–water partition coefficient (Wildman–Crippen LogP) is 3.74. The van der Waals surface area contributed by atoms with Crippen LogP contribution in [0.3, 0.4) is 0 Å². The molecule has 0 unspecified atom stereocenters. The zero-order chi connectivity index (χ0) is 15.1. The lowest BCUT2D eigenvalue weighted by Crippen LogP contribution is -2.06. The molecule has 6 heteroatoms. The summed E-state index contributed by atoms with van der Waals surface area (Å²) in [5.74, 6) is 1.06. The molecule has 0 aliphatic heterocycles. The highest BCUT2D eigenvalue weighted by atomic mass is 32.2. The first-order valence-corrected chi connectivity index (χ1v) is 7.66. The maximum absolute atomic E-state index is 13.7. The van der Waals surface area contributed by atoms with Crippen molar-refractivity contribution in [3.8, 4) is 0 Å². The largest absolute Gasteiger partial charge is 0.374 e. The fraction of sp³-hybridized carbons (Fsp3) is 0.333. The van der Waals surface area contributed by atoms with Crippen LogP contribution in [0.2, 0.25) is 0 Å². The second-order valence-electron chi connectivity index (χ2n) is 4.21. The fourth-order valence-electron chi connectivity index (χ4n) is 1.69. The van der Waals surface area contributed by atoms with Crippen LogP contribution in [0.1, 0.15) is 19.7 Å². The Labute approximate surface area is 128 Å². The van der Waals surface area contributed by atoms with Crippen molar-refractivity contribution in [2.45, 2.75) is 30.4 Å². The third-order valence-electron chi connectivity index (χ3n) is 2.59. The molecule has 1 aromatic carbocycles. The Hall–Kier alpha value is -1.66. The minimum absolute atomic E-state index is 0.252. The van der Waals surface area contributed by atoms with Crippen molar-refractivity contribution >= 4 is 17.6 Å². The molecule has 2 aromatic rings. The molecule has 0 amide bonds. The summed E-state index contributed by atoms with van der Waals surface area (Å²) in [5, 5.41) is 3.85. The van der Waals surface area contributed by atoms with Crippen LogP contribution in [0.25, 0.3) is 0 Å². The molecule has 0 fully saturated rings. The number of ether oxygens (including phenoxy) is 1. The summed E-state index contributed by atoms with van der Waals surface area (Å²) in [4.78, 5) is 9.32. The first-order chi connectivity index (χ1) is 10.2. The minimum atomic E-state index is -0.252. The van der Waals surface area contributed by atoms with E-state index in [1.807, 2.05) is 19.9 Å². The molecule has 0 bridgehead atoms. The second kappa shape index (κ2) is 7.95. The minimum Gasteiger partial charge on any atom is -0.374 e. The molecule has 1 aromatic heterocycles. The van der Waals surface area contributed by atoms with Crippen molar-refractivity contribution in [1.29, 1.82) is 0 Å². The van der Waals surface area contributed by atoms with Crippen LogP contribution in [-0.4, -0.2) is 23.1 Å². The van der Waals surface area contributed by atoms with Crippen LogP contribution in [0, 0.1) is 5.82 Å². The van der Waals surface area contributed by atoms with Crippen molar-refractivity contribution in [1.82, 2.24) is 9.97 Å². The van der Waals surface area contributed by atoms with Crippen molar-refractivity contribution in [3.05, 3.63) is 42.0 Å². The summed E-state index contributed by atoms with van der Waals surface area (Å²) in [6.07, 6.45) is 0. The van der Waals surface area contributed by atoms with E-state index in [4.69, 9.17) is 4.74 Å². The van der Waals surface area contributed by atoms with Gasteiger partial charge in [0.15, 0.2) is 5.82 Å². The Kier molecular flexibility index (Phi) is 5.95. The van der Waals surface area contributed by atoms with E-state index in [2.05, 4.69) is 15.3 Å². The van der Waals surface area contributed by atoms with Crippen molar-refractivity contribution in [3.63, 3.8) is 0 Å². The summed E-state index contributed by atoms with van der Waals surface area (Å²) in [6.45, 7) is 5.62. The van der Waals surface area contributed by atoms with Crippen LogP contribution in [0.15, 0.2) is 40.3 Å². The van der Waals surface area contributed by atoms with E-state index in [0.717, 1.165) is 12.4 Å². The molecule has 0 spiro atoms. The Morgan fingerprint density at radius 2 is 2.05 bits per heavy atom. The van der Waals surface area contributed by atoms with E-state index in [0.29, 0.717) is 29.0 Å². The molecule has 112 valence electrons.